The number of nitrogens with one attached hydrogen (secondary N) is 1. The van der Waals surface area contributed by atoms with Gasteiger partial charge in [-0.15, -0.1) is 0 Å². The van der Waals surface area contributed by atoms with Crippen molar-refractivity contribution in [3.05, 3.63) is 29.6 Å². The fourth-order valence-electron chi connectivity index (χ4n) is 1.79. The predicted octanol–water partition coefficient (Wildman–Crippen LogP) is 0.785. The molecule has 2 N–H and O–H groups in total. The van der Waals surface area contributed by atoms with Gasteiger partial charge in [-0.2, -0.15) is 0 Å². The standard InChI is InChI=1S/C10H14N2O/c1-7-6-8(2-4-11-7)10-9(13)3-5-12-10/h2,4,6,9-10,12-13H,3,5H2,1H3. The van der Waals surface area contributed by atoms with Gasteiger partial charge in [-0.05, 0) is 37.6 Å². The summed E-state index contributed by atoms with van der Waals surface area (Å²) in [4.78, 5) is 4.13. The van der Waals surface area contributed by atoms with Crippen LogP contribution < -0.4 is 5.32 Å². The van der Waals surface area contributed by atoms with E-state index in [1.165, 1.54) is 0 Å². The average molecular weight is 178 g/mol. The highest BCUT2D eigenvalue weighted by Gasteiger charge is 2.25. The van der Waals surface area contributed by atoms with Crippen LogP contribution in [0.4, 0.5) is 0 Å². The quantitative estimate of drug-likeness (QED) is 0.668. The Morgan fingerprint density at radius 1 is 1.62 bits per heavy atom. The van der Waals surface area contributed by atoms with Gasteiger partial charge in [0.05, 0.1) is 12.1 Å². The molecule has 0 aliphatic carbocycles. The molecule has 0 radical (unpaired) electrons. The zero-order chi connectivity index (χ0) is 9.26. The first-order valence-electron chi connectivity index (χ1n) is 4.61. The summed E-state index contributed by atoms with van der Waals surface area (Å²) in [5, 5.41) is 12.9. The van der Waals surface area contributed by atoms with Crippen molar-refractivity contribution >= 4 is 0 Å². The lowest BCUT2D eigenvalue weighted by Gasteiger charge is -2.14. The highest BCUT2D eigenvalue weighted by Crippen LogP contribution is 2.23. The zero-order valence-electron chi connectivity index (χ0n) is 7.70. The van der Waals surface area contributed by atoms with Crippen molar-refractivity contribution in [2.24, 2.45) is 0 Å². The van der Waals surface area contributed by atoms with Gasteiger partial charge in [-0.3, -0.25) is 4.98 Å². The zero-order valence-corrected chi connectivity index (χ0v) is 7.70. The summed E-state index contributed by atoms with van der Waals surface area (Å²) in [6.07, 6.45) is 2.38. The minimum Gasteiger partial charge on any atom is -0.391 e. The molecule has 0 saturated carbocycles. The lowest BCUT2D eigenvalue weighted by atomic mass is 10.0. The molecule has 70 valence electrons. The Morgan fingerprint density at radius 2 is 2.46 bits per heavy atom. The molecule has 1 aliphatic rings. The van der Waals surface area contributed by atoms with Crippen LogP contribution in [0, 0.1) is 6.92 Å². The molecule has 1 aromatic heterocycles. The molecule has 3 nitrogen and oxygen atoms in total. The van der Waals surface area contributed by atoms with E-state index in [0.29, 0.717) is 0 Å². The number of hydrogen-bond acceptors (Lipinski definition) is 3. The molecular formula is C10H14N2O. The van der Waals surface area contributed by atoms with E-state index in [1.807, 2.05) is 19.1 Å². The van der Waals surface area contributed by atoms with Crippen LogP contribution in [-0.2, 0) is 0 Å². The van der Waals surface area contributed by atoms with E-state index < -0.39 is 0 Å². The lowest BCUT2D eigenvalue weighted by molar-refractivity contribution is 0.160. The van der Waals surface area contributed by atoms with Crippen molar-refractivity contribution < 1.29 is 5.11 Å². The third-order valence-corrected chi connectivity index (χ3v) is 2.47. The van der Waals surface area contributed by atoms with Crippen LogP contribution in [-0.4, -0.2) is 22.7 Å². The first-order chi connectivity index (χ1) is 6.27. The van der Waals surface area contributed by atoms with E-state index in [1.54, 1.807) is 6.20 Å². The van der Waals surface area contributed by atoms with Gasteiger partial charge in [-0.1, -0.05) is 0 Å². The monoisotopic (exact) mass is 178 g/mol. The number of aromatic nitrogens is 1. The SMILES string of the molecule is Cc1cc(C2NCCC2O)ccn1. The molecule has 2 heterocycles. The van der Waals surface area contributed by atoms with Crippen molar-refractivity contribution in [1.29, 1.82) is 0 Å². The van der Waals surface area contributed by atoms with Gasteiger partial charge in [0.25, 0.3) is 0 Å². The molecule has 0 spiro atoms. The third-order valence-electron chi connectivity index (χ3n) is 2.47. The van der Waals surface area contributed by atoms with Crippen LogP contribution in [0.15, 0.2) is 18.3 Å². The van der Waals surface area contributed by atoms with Crippen LogP contribution in [0.2, 0.25) is 0 Å². The maximum Gasteiger partial charge on any atom is 0.0747 e. The summed E-state index contributed by atoms with van der Waals surface area (Å²) in [6, 6.07) is 4.08. The van der Waals surface area contributed by atoms with Gasteiger partial charge >= 0.3 is 0 Å². The van der Waals surface area contributed by atoms with Gasteiger partial charge in [0, 0.05) is 11.9 Å². The molecule has 1 saturated heterocycles. The highest BCUT2D eigenvalue weighted by atomic mass is 16.3. The van der Waals surface area contributed by atoms with E-state index in [-0.39, 0.29) is 12.1 Å². The molecule has 2 rings (SSSR count). The molecule has 3 heteroatoms. The normalized spacial score (nSPS) is 27.8. The number of aliphatic hydroxyl groups is 1. The summed E-state index contributed by atoms with van der Waals surface area (Å²) >= 11 is 0. The van der Waals surface area contributed by atoms with Gasteiger partial charge < -0.3 is 10.4 Å². The van der Waals surface area contributed by atoms with Gasteiger partial charge in [0.1, 0.15) is 0 Å². The molecule has 2 atom stereocenters. The van der Waals surface area contributed by atoms with E-state index in [4.69, 9.17) is 0 Å². The summed E-state index contributed by atoms with van der Waals surface area (Å²) in [5.41, 5.74) is 2.14. The molecule has 0 aromatic carbocycles. The molecule has 0 amide bonds. The molecule has 2 unspecified atom stereocenters. The van der Waals surface area contributed by atoms with Crippen LogP contribution in [0.25, 0.3) is 0 Å². The Bertz CT molecular complexity index is 301. The second-order valence-electron chi connectivity index (χ2n) is 3.52. The van der Waals surface area contributed by atoms with Crippen molar-refractivity contribution in [3.8, 4) is 0 Å². The topological polar surface area (TPSA) is 45.1 Å². The van der Waals surface area contributed by atoms with Gasteiger partial charge in [0.2, 0.25) is 0 Å². The Kier molecular flexibility index (Phi) is 2.29. The average Bonchev–Trinajstić information content (AvgIpc) is 2.51. The second-order valence-corrected chi connectivity index (χ2v) is 3.52. The van der Waals surface area contributed by atoms with E-state index >= 15 is 0 Å². The van der Waals surface area contributed by atoms with E-state index in [9.17, 15) is 5.11 Å². The first-order valence-corrected chi connectivity index (χ1v) is 4.61. The van der Waals surface area contributed by atoms with Crippen LogP contribution in [0.3, 0.4) is 0 Å². The number of hydrogen-bond donors (Lipinski definition) is 2. The summed E-state index contributed by atoms with van der Waals surface area (Å²) in [5.74, 6) is 0. The summed E-state index contributed by atoms with van der Waals surface area (Å²) < 4.78 is 0. The van der Waals surface area contributed by atoms with Crippen molar-refractivity contribution in [2.45, 2.75) is 25.5 Å². The van der Waals surface area contributed by atoms with Crippen LogP contribution in [0.1, 0.15) is 23.7 Å². The highest BCUT2D eigenvalue weighted by molar-refractivity contribution is 5.21. The summed E-state index contributed by atoms with van der Waals surface area (Å²) in [6.45, 7) is 2.86. The number of nitrogens with zero attached hydrogens (tertiary/aromatic N) is 1. The minimum absolute atomic E-state index is 0.0988. The van der Waals surface area contributed by atoms with Crippen molar-refractivity contribution in [2.75, 3.05) is 6.54 Å². The lowest BCUT2D eigenvalue weighted by Crippen LogP contribution is -2.20. The number of rotatable bonds is 1. The van der Waals surface area contributed by atoms with E-state index in [0.717, 1.165) is 24.2 Å². The Morgan fingerprint density at radius 3 is 3.08 bits per heavy atom. The molecule has 1 fully saturated rings. The molecule has 0 bridgehead atoms. The Balaban J connectivity index is 2.24. The largest absolute Gasteiger partial charge is 0.391 e. The van der Waals surface area contributed by atoms with Gasteiger partial charge in [-0.25, -0.2) is 0 Å². The van der Waals surface area contributed by atoms with Crippen LogP contribution >= 0.6 is 0 Å². The van der Waals surface area contributed by atoms with Crippen molar-refractivity contribution in [1.82, 2.24) is 10.3 Å². The van der Waals surface area contributed by atoms with E-state index in [2.05, 4.69) is 10.3 Å². The third kappa shape index (κ3) is 1.71. The van der Waals surface area contributed by atoms with Crippen LogP contribution in [0.5, 0.6) is 0 Å². The maximum atomic E-state index is 9.65. The molecule has 1 aliphatic heterocycles. The molecule has 13 heavy (non-hydrogen) atoms. The number of aliphatic hydroxyl groups excluding tert-OH is 1. The van der Waals surface area contributed by atoms with Gasteiger partial charge in [0.15, 0.2) is 0 Å². The van der Waals surface area contributed by atoms with Crippen molar-refractivity contribution in [3.63, 3.8) is 0 Å². The Labute approximate surface area is 77.8 Å². The number of aryl methyl sites for hydroxylation is 1. The predicted molar refractivity (Wildman–Crippen MR) is 50.3 cm³/mol. The number of pyridine rings is 1. The fraction of sp³-hybridized carbons (Fsp3) is 0.500. The smallest absolute Gasteiger partial charge is 0.0747 e. The molecular weight excluding hydrogens is 164 g/mol. The Hall–Kier alpha value is -0.930. The fourth-order valence-corrected chi connectivity index (χ4v) is 1.79. The second kappa shape index (κ2) is 3.44. The summed E-state index contributed by atoms with van der Waals surface area (Å²) in [7, 11) is 0. The first kappa shape index (κ1) is 8.66. The molecule has 1 aromatic rings. The maximum absolute atomic E-state index is 9.65. The minimum atomic E-state index is -0.248.